The lowest BCUT2D eigenvalue weighted by Gasteiger charge is -2.21. The van der Waals surface area contributed by atoms with Gasteiger partial charge in [-0.1, -0.05) is 38.8 Å². The van der Waals surface area contributed by atoms with Crippen molar-refractivity contribution in [3.63, 3.8) is 0 Å². The number of ether oxygens (including phenoxy) is 1. The quantitative estimate of drug-likeness (QED) is 0.801. The van der Waals surface area contributed by atoms with Crippen LogP contribution in [0, 0.1) is 5.92 Å². The Balaban J connectivity index is 2.58. The summed E-state index contributed by atoms with van der Waals surface area (Å²) in [7, 11) is 1.69. The number of methoxy groups -OCH3 is 1. The van der Waals surface area contributed by atoms with Crippen LogP contribution >= 0.6 is 0 Å². The van der Waals surface area contributed by atoms with Gasteiger partial charge >= 0.3 is 0 Å². The molecule has 0 saturated carbocycles. The third kappa shape index (κ3) is 3.53. The number of hydrogen-bond acceptors (Lipinski definition) is 2. The molecule has 16 heavy (non-hydrogen) atoms. The van der Waals surface area contributed by atoms with Crippen molar-refractivity contribution >= 4 is 0 Å². The van der Waals surface area contributed by atoms with Gasteiger partial charge in [0.15, 0.2) is 0 Å². The topological polar surface area (TPSA) is 35.2 Å². The third-order valence-corrected chi connectivity index (χ3v) is 3.28. The number of rotatable bonds is 6. The van der Waals surface area contributed by atoms with E-state index >= 15 is 0 Å². The molecule has 90 valence electrons. The molecule has 0 aliphatic carbocycles. The van der Waals surface area contributed by atoms with Gasteiger partial charge in [0.05, 0.1) is 7.11 Å². The molecule has 0 aliphatic heterocycles. The summed E-state index contributed by atoms with van der Waals surface area (Å²) >= 11 is 0. The number of nitrogens with two attached hydrogens (primary N) is 1. The molecule has 1 aromatic carbocycles. The second kappa shape index (κ2) is 6.54. The molecule has 1 atom stereocenters. The predicted molar refractivity (Wildman–Crippen MR) is 68.7 cm³/mol. The van der Waals surface area contributed by atoms with Crippen LogP contribution in [0.5, 0.6) is 5.75 Å². The molecule has 0 aromatic heterocycles. The van der Waals surface area contributed by atoms with Gasteiger partial charge in [-0.2, -0.15) is 0 Å². The van der Waals surface area contributed by atoms with E-state index < -0.39 is 0 Å². The van der Waals surface area contributed by atoms with Crippen LogP contribution in [0.2, 0.25) is 0 Å². The Hall–Kier alpha value is -1.02. The Bertz CT molecular complexity index is 290. The average Bonchev–Trinajstić information content (AvgIpc) is 2.31. The van der Waals surface area contributed by atoms with Gasteiger partial charge in [-0.05, 0) is 30.0 Å². The monoisotopic (exact) mass is 221 g/mol. The van der Waals surface area contributed by atoms with Crippen molar-refractivity contribution in [1.29, 1.82) is 0 Å². The third-order valence-electron chi connectivity index (χ3n) is 3.28. The normalized spacial score (nSPS) is 12.8. The Morgan fingerprint density at radius 2 is 1.69 bits per heavy atom. The largest absolute Gasteiger partial charge is 0.497 e. The Kier molecular flexibility index (Phi) is 5.33. The summed E-state index contributed by atoms with van der Waals surface area (Å²) in [5.74, 6) is 1.53. The summed E-state index contributed by atoms with van der Waals surface area (Å²) < 4.78 is 5.13. The van der Waals surface area contributed by atoms with Crippen LogP contribution in [0.3, 0.4) is 0 Å². The van der Waals surface area contributed by atoms with E-state index in [1.54, 1.807) is 7.11 Å². The molecule has 1 rings (SSSR count). The summed E-state index contributed by atoms with van der Waals surface area (Å²) in [6.45, 7) is 4.42. The summed E-state index contributed by atoms with van der Waals surface area (Å²) in [4.78, 5) is 0. The molecule has 0 heterocycles. The molecule has 1 aromatic rings. The van der Waals surface area contributed by atoms with Crippen molar-refractivity contribution in [3.05, 3.63) is 29.8 Å². The fourth-order valence-corrected chi connectivity index (χ4v) is 2.09. The molecule has 0 saturated heterocycles. The van der Waals surface area contributed by atoms with E-state index in [1.165, 1.54) is 5.56 Å². The van der Waals surface area contributed by atoms with Crippen LogP contribution in [0.25, 0.3) is 0 Å². The molecule has 0 spiro atoms. The van der Waals surface area contributed by atoms with Gasteiger partial charge < -0.3 is 10.5 Å². The first-order valence-corrected chi connectivity index (χ1v) is 6.09. The minimum Gasteiger partial charge on any atom is -0.497 e. The summed E-state index contributed by atoms with van der Waals surface area (Å²) in [6, 6.07) is 8.45. The molecule has 0 bridgehead atoms. The van der Waals surface area contributed by atoms with Gasteiger partial charge in [0.25, 0.3) is 0 Å². The zero-order chi connectivity index (χ0) is 12.0. The van der Waals surface area contributed by atoms with E-state index in [2.05, 4.69) is 26.0 Å². The van der Waals surface area contributed by atoms with Crippen molar-refractivity contribution in [3.8, 4) is 5.75 Å². The van der Waals surface area contributed by atoms with Crippen molar-refractivity contribution in [1.82, 2.24) is 0 Å². The molecule has 2 nitrogen and oxygen atoms in total. The highest BCUT2D eigenvalue weighted by atomic mass is 16.5. The lowest BCUT2D eigenvalue weighted by molar-refractivity contribution is 0.393. The second-order valence-corrected chi connectivity index (χ2v) is 4.29. The Morgan fingerprint density at radius 3 is 2.12 bits per heavy atom. The zero-order valence-corrected chi connectivity index (χ0v) is 10.6. The summed E-state index contributed by atoms with van der Waals surface area (Å²) in [6.07, 6.45) is 3.28. The Labute approximate surface area is 98.8 Å². The molecular weight excluding hydrogens is 198 g/mol. The van der Waals surface area contributed by atoms with E-state index in [9.17, 15) is 0 Å². The van der Waals surface area contributed by atoms with Gasteiger partial charge in [0, 0.05) is 6.04 Å². The van der Waals surface area contributed by atoms with Gasteiger partial charge in [-0.25, -0.2) is 0 Å². The molecule has 1 unspecified atom stereocenters. The van der Waals surface area contributed by atoms with Gasteiger partial charge in [0.1, 0.15) is 5.75 Å². The lowest BCUT2D eigenvalue weighted by Crippen LogP contribution is -2.31. The summed E-state index contributed by atoms with van der Waals surface area (Å²) in [5.41, 5.74) is 7.50. The lowest BCUT2D eigenvalue weighted by atomic mass is 9.90. The van der Waals surface area contributed by atoms with Crippen LogP contribution < -0.4 is 10.5 Å². The SMILES string of the molecule is CCC(CC)C(N)Cc1ccc(OC)cc1. The second-order valence-electron chi connectivity index (χ2n) is 4.29. The molecule has 2 N–H and O–H groups in total. The molecule has 2 heteroatoms. The maximum Gasteiger partial charge on any atom is 0.118 e. The fourth-order valence-electron chi connectivity index (χ4n) is 2.09. The zero-order valence-electron chi connectivity index (χ0n) is 10.6. The predicted octanol–water partition coefficient (Wildman–Crippen LogP) is 3.00. The highest BCUT2D eigenvalue weighted by Crippen LogP contribution is 2.17. The summed E-state index contributed by atoms with van der Waals surface area (Å²) in [5, 5.41) is 0. The van der Waals surface area contributed by atoms with E-state index in [0.717, 1.165) is 25.0 Å². The van der Waals surface area contributed by atoms with Gasteiger partial charge in [-0.3, -0.25) is 0 Å². The fraction of sp³-hybridized carbons (Fsp3) is 0.571. The number of hydrogen-bond donors (Lipinski definition) is 1. The maximum absolute atomic E-state index is 6.21. The first kappa shape index (κ1) is 13.0. The molecule has 0 amide bonds. The number of benzene rings is 1. The molecule has 0 radical (unpaired) electrons. The highest BCUT2D eigenvalue weighted by molar-refractivity contribution is 5.27. The van der Waals surface area contributed by atoms with Crippen molar-refractivity contribution in [2.45, 2.75) is 39.2 Å². The molecular formula is C14H23NO. The first-order valence-electron chi connectivity index (χ1n) is 6.09. The van der Waals surface area contributed by atoms with Crippen molar-refractivity contribution < 1.29 is 4.74 Å². The van der Waals surface area contributed by atoms with Crippen LogP contribution in [-0.4, -0.2) is 13.2 Å². The van der Waals surface area contributed by atoms with E-state index in [4.69, 9.17) is 10.5 Å². The van der Waals surface area contributed by atoms with Gasteiger partial charge in [-0.15, -0.1) is 0 Å². The Morgan fingerprint density at radius 1 is 1.12 bits per heavy atom. The minimum absolute atomic E-state index is 0.267. The first-order chi connectivity index (χ1) is 7.71. The molecule has 0 aliphatic rings. The molecule has 0 fully saturated rings. The standard InChI is InChI=1S/C14H23NO/c1-4-12(5-2)14(15)10-11-6-8-13(16-3)9-7-11/h6-9,12,14H,4-5,10,15H2,1-3H3. The van der Waals surface area contributed by atoms with Crippen molar-refractivity contribution in [2.75, 3.05) is 7.11 Å². The van der Waals surface area contributed by atoms with Crippen LogP contribution in [0.4, 0.5) is 0 Å². The van der Waals surface area contributed by atoms with E-state index in [1.807, 2.05) is 12.1 Å². The highest BCUT2D eigenvalue weighted by Gasteiger charge is 2.14. The van der Waals surface area contributed by atoms with Gasteiger partial charge in [0.2, 0.25) is 0 Å². The minimum atomic E-state index is 0.267. The van der Waals surface area contributed by atoms with E-state index in [0.29, 0.717) is 5.92 Å². The van der Waals surface area contributed by atoms with E-state index in [-0.39, 0.29) is 6.04 Å². The average molecular weight is 221 g/mol. The smallest absolute Gasteiger partial charge is 0.118 e. The van der Waals surface area contributed by atoms with Crippen LogP contribution in [0.1, 0.15) is 32.3 Å². The van der Waals surface area contributed by atoms with Crippen LogP contribution in [-0.2, 0) is 6.42 Å². The van der Waals surface area contributed by atoms with Crippen molar-refractivity contribution in [2.24, 2.45) is 11.7 Å². The van der Waals surface area contributed by atoms with Crippen LogP contribution in [0.15, 0.2) is 24.3 Å². The maximum atomic E-state index is 6.21.